The molecule has 3 rings (SSSR count). The lowest BCUT2D eigenvalue weighted by atomic mass is 10.1. The van der Waals surface area contributed by atoms with Gasteiger partial charge in [0, 0.05) is 25.2 Å². The smallest absolute Gasteiger partial charge is 0.242 e. The number of carbonyl (C=O) groups is 3. The van der Waals surface area contributed by atoms with Crippen LogP contribution in [0.2, 0.25) is 0 Å². The number of hydrogen-bond donors (Lipinski definition) is 2. The Kier molecular flexibility index (Phi) is 7.00. The molecule has 6 heteroatoms. The largest absolute Gasteiger partial charge is 0.354 e. The topological polar surface area (TPSA) is 78.5 Å². The molecule has 0 radical (unpaired) electrons. The van der Waals surface area contributed by atoms with Gasteiger partial charge in [-0.05, 0) is 37.5 Å². The third-order valence-electron chi connectivity index (χ3n) is 5.10. The molecule has 2 aromatic carbocycles. The van der Waals surface area contributed by atoms with Crippen molar-refractivity contribution in [1.82, 2.24) is 10.6 Å². The molecule has 1 saturated heterocycles. The van der Waals surface area contributed by atoms with E-state index >= 15 is 0 Å². The van der Waals surface area contributed by atoms with E-state index in [0.717, 1.165) is 18.5 Å². The van der Waals surface area contributed by atoms with Gasteiger partial charge in [-0.15, -0.1) is 0 Å². The summed E-state index contributed by atoms with van der Waals surface area (Å²) in [5, 5.41) is 5.60. The Morgan fingerprint density at radius 3 is 2.41 bits per heavy atom. The minimum Gasteiger partial charge on any atom is -0.354 e. The predicted molar refractivity (Wildman–Crippen MR) is 112 cm³/mol. The first-order valence-electron chi connectivity index (χ1n) is 10.0. The van der Waals surface area contributed by atoms with Crippen LogP contribution in [0.15, 0.2) is 60.7 Å². The van der Waals surface area contributed by atoms with Gasteiger partial charge in [-0.3, -0.25) is 14.4 Å². The molecule has 1 aliphatic heterocycles. The number of rotatable bonds is 8. The summed E-state index contributed by atoms with van der Waals surface area (Å²) in [7, 11) is 0. The van der Waals surface area contributed by atoms with Crippen molar-refractivity contribution in [2.45, 2.75) is 32.2 Å². The van der Waals surface area contributed by atoms with Crippen molar-refractivity contribution in [2.75, 3.05) is 18.0 Å². The van der Waals surface area contributed by atoms with E-state index in [1.807, 2.05) is 48.5 Å². The molecule has 2 atom stereocenters. The fraction of sp³-hybridized carbons (Fsp3) is 0.348. The SMILES string of the molecule is C[C@H](NC(=O)[C@@H]1CC(=O)N(c2ccccc2)C1)C(=O)NCCCc1ccccc1. The van der Waals surface area contributed by atoms with Gasteiger partial charge in [0.15, 0.2) is 0 Å². The molecular formula is C23H27N3O3. The summed E-state index contributed by atoms with van der Waals surface area (Å²) in [5.41, 5.74) is 2.02. The van der Waals surface area contributed by atoms with Crippen molar-refractivity contribution in [1.29, 1.82) is 0 Å². The Morgan fingerprint density at radius 1 is 1.07 bits per heavy atom. The minimum absolute atomic E-state index is 0.0747. The number of benzene rings is 2. The molecule has 0 aliphatic carbocycles. The van der Waals surface area contributed by atoms with Gasteiger partial charge in [0.1, 0.15) is 6.04 Å². The van der Waals surface area contributed by atoms with E-state index in [1.54, 1.807) is 11.8 Å². The van der Waals surface area contributed by atoms with Gasteiger partial charge in [-0.2, -0.15) is 0 Å². The zero-order valence-corrected chi connectivity index (χ0v) is 16.6. The molecule has 1 fully saturated rings. The maximum Gasteiger partial charge on any atom is 0.242 e. The molecule has 0 bridgehead atoms. The molecule has 0 saturated carbocycles. The zero-order chi connectivity index (χ0) is 20.6. The molecule has 3 amide bonds. The van der Waals surface area contributed by atoms with E-state index < -0.39 is 12.0 Å². The Balaban J connectivity index is 1.41. The third-order valence-corrected chi connectivity index (χ3v) is 5.10. The van der Waals surface area contributed by atoms with Crippen molar-refractivity contribution < 1.29 is 14.4 Å². The molecule has 1 aliphatic rings. The second-order valence-electron chi connectivity index (χ2n) is 7.35. The van der Waals surface area contributed by atoms with Crippen molar-refractivity contribution in [3.8, 4) is 0 Å². The molecule has 152 valence electrons. The summed E-state index contributed by atoms with van der Waals surface area (Å²) in [6, 6.07) is 18.8. The fourth-order valence-electron chi connectivity index (χ4n) is 3.44. The van der Waals surface area contributed by atoms with Crippen LogP contribution in [0.5, 0.6) is 0 Å². The van der Waals surface area contributed by atoms with Crippen molar-refractivity contribution in [2.24, 2.45) is 5.92 Å². The second kappa shape index (κ2) is 9.87. The lowest BCUT2D eigenvalue weighted by molar-refractivity contribution is -0.130. The molecule has 2 aromatic rings. The quantitative estimate of drug-likeness (QED) is 0.676. The van der Waals surface area contributed by atoms with E-state index in [4.69, 9.17) is 0 Å². The highest BCUT2D eigenvalue weighted by Gasteiger charge is 2.35. The number of aryl methyl sites for hydroxylation is 1. The third kappa shape index (κ3) is 5.67. The molecule has 29 heavy (non-hydrogen) atoms. The van der Waals surface area contributed by atoms with E-state index in [9.17, 15) is 14.4 Å². The first-order chi connectivity index (χ1) is 14.0. The number of carbonyl (C=O) groups excluding carboxylic acids is 3. The van der Waals surface area contributed by atoms with Crippen molar-refractivity contribution in [3.05, 3.63) is 66.2 Å². The average Bonchev–Trinajstić information content (AvgIpc) is 3.14. The first kappa shape index (κ1) is 20.6. The molecule has 0 aromatic heterocycles. The Labute approximate surface area is 171 Å². The lowest BCUT2D eigenvalue weighted by Gasteiger charge is -2.18. The van der Waals surface area contributed by atoms with Crippen LogP contribution in [-0.4, -0.2) is 36.9 Å². The first-order valence-corrected chi connectivity index (χ1v) is 10.0. The molecule has 6 nitrogen and oxygen atoms in total. The van der Waals surface area contributed by atoms with Gasteiger partial charge < -0.3 is 15.5 Å². The van der Waals surface area contributed by atoms with E-state index in [-0.39, 0.29) is 24.1 Å². The molecule has 0 spiro atoms. The van der Waals surface area contributed by atoms with Gasteiger partial charge in [0.05, 0.1) is 5.92 Å². The molecule has 2 N–H and O–H groups in total. The fourth-order valence-corrected chi connectivity index (χ4v) is 3.44. The summed E-state index contributed by atoms with van der Waals surface area (Å²) < 4.78 is 0. The highest BCUT2D eigenvalue weighted by atomic mass is 16.2. The Bertz CT molecular complexity index is 839. The normalized spacial score (nSPS) is 17.1. The van der Waals surface area contributed by atoms with Crippen LogP contribution in [0.25, 0.3) is 0 Å². The molecular weight excluding hydrogens is 366 g/mol. The van der Waals surface area contributed by atoms with Crippen LogP contribution >= 0.6 is 0 Å². The number of para-hydroxylation sites is 1. The van der Waals surface area contributed by atoms with Crippen molar-refractivity contribution in [3.63, 3.8) is 0 Å². The van der Waals surface area contributed by atoms with Crippen LogP contribution in [0, 0.1) is 5.92 Å². The number of amides is 3. The van der Waals surface area contributed by atoms with E-state index in [1.165, 1.54) is 5.56 Å². The van der Waals surface area contributed by atoms with Crippen LogP contribution in [0.3, 0.4) is 0 Å². The minimum atomic E-state index is -0.639. The van der Waals surface area contributed by atoms with Gasteiger partial charge in [-0.1, -0.05) is 48.5 Å². The Hall–Kier alpha value is -3.15. The maximum atomic E-state index is 12.5. The summed E-state index contributed by atoms with van der Waals surface area (Å²) in [4.78, 5) is 38.7. The maximum absolute atomic E-state index is 12.5. The highest BCUT2D eigenvalue weighted by Crippen LogP contribution is 2.24. The Morgan fingerprint density at radius 2 is 1.72 bits per heavy atom. The summed E-state index contributed by atoms with van der Waals surface area (Å²) in [5.74, 6) is -0.996. The number of nitrogens with zero attached hydrogens (tertiary/aromatic N) is 1. The van der Waals surface area contributed by atoms with Gasteiger partial charge in [0.2, 0.25) is 17.7 Å². The summed E-state index contributed by atoms with van der Waals surface area (Å²) in [6.45, 7) is 2.55. The molecule has 1 heterocycles. The van der Waals surface area contributed by atoms with Crippen LogP contribution in [0.1, 0.15) is 25.3 Å². The second-order valence-corrected chi connectivity index (χ2v) is 7.35. The van der Waals surface area contributed by atoms with E-state index in [0.29, 0.717) is 13.1 Å². The van der Waals surface area contributed by atoms with Gasteiger partial charge >= 0.3 is 0 Å². The monoisotopic (exact) mass is 393 g/mol. The van der Waals surface area contributed by atoms with Gasteiger partial charge in [0.25, 0.3) is 0 Å². The number of nitrogens with one attached hydrogen (secondary N) is 2. The average molecular weight is 393 g/mol. The van der Waals surface area contributed by atoms with Crippen LogP contribution in [0.4, 0.5) is 5.69 Å². The van der Waals surface area contributed by atoms with E-state index in [2.05, 4.69) is 22.8 Å². The standard InChI is InChI=1S/C23H27N3O3/c1-17(22(28)24-14-8-11-18-9-4-2-5-10-18)25-23(29)19-15-21(27)26(16-19)20-12-6-3-7-13-20/h2-7,9-10,12-13,17,19H,8,11,14-16H2,1H3,(H,24,28)(H,25,29)/t17-,19+/m0/s1. The highest BCUT2D eigenvalue weighted by molar-refractivity contribution is 6.01. The number of hydrogen-bond acceptors (Lipinski definition) is 3. The molecule has 0 unspecified atom stereocenters. The van der Waals surface area contributed by atoms with Crippen LogP contribution in [-0.2, 0) is 20.8 Å². The predicted octanol–water partition coefficient (Wildman–Crippen LogP) is 2.29. The summed E-state index contributed by atoms with van der Waals surface area (Å²) in [6.07, 6.45) is 1.88. The zero-order valence-electron chi connectivity index (χ0n) is 16.6. The number of anilines is 1. The van der Waals surface area contributed by atoms with Gasteiger partial charge in [-0.25, -0.2) is 0 Å². The van der Waals surface area contributed by atoms with Crippen LogP contribution < -0.4 is 15.5 Å². The lowest BCUT2D eigenvalue weighted by Crippen LogP contribution is -2.47. The summed E-state index contributed by atoms with van der Waals surface area (Å²) >= 11 is 0. The van der Waals surface area contributed by atoms with Crippen molar-refractivity contribution >= 4 is 23.4 Å².